The third-order valence-electron chi connectivity index (χ3n) is 6.29. The molecular weight excluding hydrogens is 402 g/mol. The summed E-state index contributed by atoms with van der Waals surface area (Å²) >= 11 is 0. The van der Waals surface area contributed by atoms with Crippen LogP contribution in [-0.4, -0.2) is 59.9 Å². The molecule has 1 saturated heterocycles. The van der Waals surface area contributed by atoms with Crippen LogP contribution in [0.25, 0.3) is 10.9 Å². The molecule has 0 saturated carbocycles. The molecule has 0 unspecified atom stereocenters. The van der Waals surface area contributed by atoms with Crippen LogP contribution >= 0.6 is 0 Å². The Labute approximate surface area is 188 Å². The van der Waals surface area contributed by atoms with Crippen LogP contribution in [0.3, 0.4) is 0 Å². The van der Waals surface area contributed by atoms with Gasteiger partial charge in [0.2, 0.25) is 5.91 Å². The monoisotopic (exact) mass is 431 g/mol. The van der Waals surface area contributed by atoms with Crippen LogP contribution in [-0.2, 0) is 11.2 Å². The van der Waals surface area contributed by atoms with Crippen LogP contribution in [0.2, 0.25) is 0 Å². The number of methoxy groups -OCH3 is 1. The van der Waals surface area contributed by atoms with Gasteiger partial charge in [-0.25, -0.2) is 0 Å². The van der Waals surface area contributed by atoms with Crippen LogP contribution < -0.4 is 4.74 Å². The van der Waals surface area contributed by atoms with E-state index in [2.05, 4.69) is 13.0 Å². The third-order valence-corrected chi connectivity index (χ3v) is 6.29. The lowest BCUT2D eigenvalue weighted by Gasteiger charge is -2.23. The van der Waals surface area contributed by atoms with Crippen LogP contribution in [0.15, 0.2) is 48.5 Å². The van der Waals surface area contributed by atoms with E-state index in [1.54, 1.807) is 19.2 Å². The fraction of sp³-hybridized carbons (Fsp3) is 0.346. The smallest absolute Gasteiger partial charge is 0.257 e. The number of benzene rings is 2. The van der Waals surface area contributed by atoms with Crippen molar-refractivity contribution in [2.45, 2.75) is 26.7 Å². The Balaban J connectivity index is 1.46. The molecular formula is C26H29N3O3. The lowest BCUT2D eigenvalue weighted by Crippen LogP contribution is -2.38. The summed E-state index contributed by atoms with van der Waals surface area (Å²) in [6, 6.07) is 15.3. The van der Waals surface area contributed by atoms with Gasteiger partial charge in [0, 0.05) is 37.3 Å². The summed E-state index contributed by atoms with van der Waals surface area (Å²) in [7, 11) is 1.57. The van der Waals surface area contributed by atoms with Gasteiger partial charge in [-0.3, -0.25) is 14.6 Å². The molecule has 4 rings (SSSR count). The Hall–Kier alpha value is -3.41. The van der Waals surface area contributed by atoms with E-state index in [0.717, 1.165) is 34.1 Å². The largest absolute Gasteiger partial charge is 0.496 e. The molecule has 1 aliphatic rings. The maximum atomic E-state index is 13.2. The van der Waals surface area contributed by atoms with E-state index in [0.29, 0.717) is 43.9 Å². The fourth-order valence-electron chi connectivity index (χ4n) is 4.46. The Morgan fingerprint density at radius 2 is 1.62 bits per heavy atom. The summed E-state index contributed by atoms with van der Waals surface area (Å²) in [6.45, 7) is 6.34. The first-order valence-corrected chi connectivity index (χ1v) is 11.0. The van der Waals surface area contributed by atoms with E-state index < -0.39 is 0 Å². The van der Waals surface area contributed by atoms with Crippen molar-refractivity contribution in [1.29, 1.82) is 0 Å². The highest BCUT2D eigenvalue weighted by Gasteiger charge is 2.25. The van der Waals surface area contributed by atoms with Gasteiger partial charge in [0.05, 0.1) is 24.6 Å². The van der Waals surface area contributed by atoms with Gasteiger partial charge >= 0.3 is 0 Å². The van der Waals surface area contributed by atoms with Gasteiger partial charge in [0.15, 0.2) is 0 Å². The topological polar surface area (TPSA) is 62.7 Å². The van der Waals surface area contributed by atoms with Crippen LogP contribution in [0, 0.1) is 13.8 Å². The molecule has 1 aliphatic heterocycles. The van der Waals surface area contributed by atoms with Crippen molar-refractivity contribution >= 4 is 22.7 Å². The zero-order chi connectivity index (χ0) is 22.7. The normalized spacial score (nSPS) is 14.3. The molecule has 2 aromatic carbocycles. The number of pyridine rings is 1. The van der Waals surface area contributed by atoms with Crippen molar-refractivity contribution in [3.05, 3.63) is 70.9 Å². The summed E-state index contributed by atoms with van der Waals surface area (Å²) in [6.07, 6.45) is 1.08. The average Bonchev–Trinajstić information content (AvgIpc) is 3.07. The quantitative estimate of drug-likeness (QED) is 0.631. The number of rotatable bonds is 4. The second kappa shape index (κ2) is 9.39. The number of nitrogens with zero attached hydrogens (tertiary/aromatic N) is 3. The first-order chi connectivity index (χ1) is 15.5. The van der Waals surface area contributed by atoms with Crippen molar-refractivity contribution in [3.63, 3.8) is 0 Å². The molecule has 6 nitrogen and oxygen atoms in total. The standard InChI is InChI=1S/C26H29N3O3/c1-18-20-9-4-6-11-23(20)27-19(2)22(18)17-25(30)28-13-8-14-29(16-15-28)26(31)21-10-5-7-12-24(21)32-3/h4-7,9-12H,8,13-17H2,1-3H3. The van der Waals surface area contributed by atoms with E-state index >= 15 is 0 Å². The zero-order valence-corrected chi connectivity index (χ0v) is 18.9. The molecule has 0 radical (unpaired) electrons. The van der Waals surface area contributed by atoms with E-state index in [9.17, 15) is 9.59 Å². The van der Waals surface area contributed by atoms with Gasteiger partial charge in [-0.2, -0.15) is 0 Å². The van der Waals surface area contributed by atoms with Gasteiger partial charge < -0.3 is 14.5 Å². The molecule has 166 valence electrons. The predicted octanol–water partition coefficient (Wildman–Crippen LogP) is 3.78. The van der Waals surface area contributed by atoms with Crippen molar-refractivity contribution in [1.82, 2.24) is 14.8 Å². The first kappa shape index (κ1) is 21.8. The molecule has 0 N–H and O–H groups in total. The number of aromatic nitrogens is 1. The number of amides is 2. The Kier molecular flexibility index (Phi) is 6.40. The summed E-state index contributed by atoms with van der Waals surface area (Å²) in [4.78, 5) is 34.6. The average molecular weight is 432 g/mol. The van der Waals surface area contributed by atoms with Gasteiger partial charge in [0.25, 0.3) is 5.91 Å². The molecule has 1 fully saturated rings. The molecule has 0 aliphatic carbocycles. The maximum absolute atomic E-state index is 13.2. The Morgan fingerprint density at radius 1 is 0.938 bits per heavy atom. The predicted molar refractivity (Wildman–Crippen MR) is 125 cm³/mol. The zero-order valence-electron chi connectivity index (χ0n) is 18.9. The third kappa shape index (κ3) is 4.31. The highest BCUT2D eigenvalue weighted by Crippen LogP contribution is 2.24. The minimum absolute atomic E-state index is 0.0535. The maximum Gasteiger partial charge on any atom is 0.257 e. The Bertz CT molecular complexity index is 1160. The van der Waals surface area contributed by atoms with Gasteiger partial charge in [-0.15, -0.1) is 0 Å². The lowest BCUT2D eigenvalue weighted by molar-refractivity contribution is -0.130. The summed E-state index contributed by atoms with van der Waals surface area (Å²) in [5.74, 6) is 0.603. The fourth-order valence-corrected chi connectivity index (χ4v) is 4.46. The van der Waals surface area contributed by atoms with Gasteiger partial charge in [-0.1, -0.05) is 30.3 Å². The minimum atomic E-state index is -0.0535. The van der Waals surface area contributed by atoms with Gasteiger partial charge in [0.1, 0.15) is 5.75 Å². The van der Waals surface area contributed by atoms with E-state index in [4.69, 9.17) is 9.72 Å². The van der Waals surface area contributed by atoms with E-state index in [1.807, 2.05) is 47.1 Å². The molecule has 1 aromatic heterocycles. The van der Waals surface area contributed by atoms with Crippen molar-refractivity contribution in [3.8, 4) is 5.75 Å². The minimum Gasteiger partial charge on any atom is -0.496 e. The summed E-state index contributed by atoms with van der Waals surface area (Å²) in [5, 5.41) is 1.09. The molecule has 2 amide bonds. The number of aryl methyl sites for hydroxylation is 2. The number of ether oxygens (including phenoxy) is 1. The van der Waals surface area contributed by atoms with Crippen LogP contribution in [0.1, 0.15) is 33.6 Å². The number of fused-ring (bicyclic) bond motifs is 1. The van der Waals surface area contributed by atoms with Crippen molar-refractivity contribution < 1.29 is 14.3 Å². The second-order valence-corrected chi connectivity index (χ2v) is 8.22. The number of carbonyl (C=O) groups excluding carboxylic acids is 2. The van der Waals surface area contributed by atoms with E-state index in [-0.39, 0.29) is 11.8 Å². The van der Waals surface area contributed by atoms with Crippen LogP contribution in [0.4, 0.5) is 0 Å². The molecule has 6 heteroatoms. The summed E-state index contributed by atoms with van der Waals surface area (Å²) < 4.78 is 5.35. The number of carbonyl (C=O) groups is 2. The highest BCUT2D eigenvalue weighted by atomic mass is 16.5. The van der Waals surface area contributed by atoms with E-state index in [1.165, 1.54) is 0 Å². The number of hydrogen-bond donors (Lipinski definition) is 0. The molecule has 0 bridgehead atoms. The SMILES string of the molecule is COc1ccccc1C(=O)N1CCCN(C(=O)Cc2c(C)nc3ccccc3c2C)CC1. The number of para-hydroxylation sites is 2. The van der Waals surface area contributed by atoms with Crippen LogP contribution in [0.5, 0.6) is 5.75 Å². The first-order valence-electron chi connectivity index (χ1n) is 11.0. The van der Waals surface area contributed by atoms with Crippen molar-refractivity contribution in [2.24, 2.45) is 0 Å². The molecule has 0 atom stereocenters. The molecule has 2 heterocycles. The van der Waals surface area contributed by atoms with Gasteiger partial charge in [-0.05, 0) is 49.6 Å². The molecule has 3 aromatic rings. The summed E-state index contributed by atoms with van der Waals surface area (Å²) in [5.41, 5.74) is 4.53. The highest BCUT2D eigenvalue weighted by molar-refractivity contribution is 5.97. The lowest BCUT2D eigenvalue weighted by atomic mass is 9.99. The van der Waals surface area contributed by atoms with Crippen molar-refractivity contribution in [2.75, 3.05) is 33.3 Å². The Morgan fingerprint density at radius 3 is 2.44 bits per heavy atom. The second-order valence-electron chi connectivity index (χ2n) is 8.22. The molecule has 32 heavy (non-hydrogen) atoms. The number of hydrogen-bond acceptors (Lipinski definition) is 4. The molecule has 0 spiro atoms.